The van der Waals surface area contributed by atoms with Crippen LogP contribution in [0.25, 0.3) is 0 Å². The standard InChI is InChI=1S/C8H8BrNO4/c1-5(11)14-8-3-2-6(9)4-7(8)10(12)13/h2-5,11H,1H3. The van der Waals surface area contributed by atoms with Gasteiger partial charge >= 0.3 is 5.69 Å². The lowest BCUT2D eigenvalue weighted by atomic mass is 10.3. The summed E-state index contributed by atoms with van der Waals surface area (Å²) in [6.45, 7) is 1.38. The molecule has 1 aromatic rings. The second-order valence-electron chi connectivity index (χ2n) is 2.59. The molecule has 1 unspecified atom stereocenters. The summed E-state index contributed by atoms with van der Waals surface area (Å²) in [4.78, 5) is 10.0. The molecule has 6 heteroatoms. The molecule has 0 amide bonds. The van der Waals surface area contributed by atoms with Gasteiger partial charge in [0.1, 0.15) is 0 Å². The highest BCUT2D eigenvalue weighted by molar-refractivity contribution is 9.10. The summed E-state index contributed by atoms with van der Waals surface area (Å²) in [7, 11) is 0. The van der Waals surface area contributed by atoms with Crippen LogP contribution >= 0.6 is 15.9 Å². The van der Waals surface area contributed by atoms with Crippen molar-refractivity contribution < 1.29 is 14.8 Å². The Morgan fingerprint density at radius 1 is 1.64 bits per heavy atom. The summed E-state index contributed by atoms with van der Waals surface area (Å²) in [5.74, 6) is 0.0493. The molecule has 0 spiro atoms. The van der Waals surface area contributed by atoms with Crippen LogP contribution in [0.4, 0.5) is 5.69 Å². The van der Waals surface area contributed by atoms with E-state index in [1.54, 1.807) is 6.07 Å². The lowest BCUT2D eigenvalue weighted by Gasteiger charge is -2.08. The van der Waals surface area contributed by atoms with Crippen molar-refractivity contribution in [3.8, 4) is 5.75 Å². The second-order valence-corrected chi connectivity index (χ2v) is 3.50. The van der Waals surface area contributed by atoms with Gasteiger partial charge in [-0.2, -0.15) is 0 Å². The summed E-state index contributed by atoms with van der Waals surface area (Å²) in [6.07, 6.45) is -1.07. The highest BCUT2D eigenvalue weighted by Crippen LogP contribution is 2.30. The van der Waals surface area contributed by atoms with Crippen molar-refractivity contribution in [3.05, 3.63) is 32.8 Å². The Labute approximate surface area is 88.6 Å². The molecule has 0 bridgehead atoms. The van der Waals surface area contributed by atoms with E-state index in [1.165, 1.54) is 19.1 Å². The van der Waals surface area contributed by atoms with E-state index in [0.29, 0.717) is 4.47 Å². The van der Waals surface area contributed by atoms with Gasteiger partial charge in [0, 0.05) is 10.5 Å². The van der Waals surface area contributed by atoms with Crippen LogP contribution in [0.3, 0.4) is 0 Å². The SMILES string of the molecule is CC(O)Oc1ccc(Br)cc1[N+](=O)[O-]. The number of hydrogen-bond donors (Lipinski definition) is 1. The smallest absolute Gasteiger partial charge is 0.312 e. The lowest BCUT2D eigenvalue weighted by Crippen LogP contribution is -2.10. The molecule has 0 heterocycles. The van der Waals surface area contributed by atoms with E-state index in [9.17, 15) is 10.1 Å². The average Bonchev–Trinajstić information content (AvgIpc) is 2.07. The van der Waals surface area contributed by atoms with E-state index in [4.69, 9.17) is 9.84 Å². The van der Waals surface area contributed by atoms with Crippen molar-refractivity contribution in [2.75, 3.05) is 0 Å². The van der Waals surface area contributed by atoms with Gasteiger partial charge in [0.25, 0.3) is 0 Å². The van der Waals surface area contributed by atoms with Crippen LogP contribution in [0.1, 0.15) is 6.92 Å². The normalized spacial score (nSPS) is 12.2. The van der Waals surface area contributed by atoms with E-state index in [2.05, 4.69) is 15.9 Å². The minimum atomic E-state index is -1.07. The molecule has 5 nitrogen and oxygen atoms in total. The van der Waals surface area contributed by atoms with E-state index >= 15 is 0 Å². The van der Waals surface area contributed by atoms with Gasteiger partial charge in [0.05, 0.1) is 4.92 Å². The maximum absolute atomic E-state index is 10.6. The number of nitro benzene ring substituents is 1. The van der Waals surface area contributed by atoms with Gasteiger partial charge in [-0.3, -0.25) is 10.1 Å². The summed E-state index contributed by atoms with van der Waals surface area (Å²) in [5, 5.41) is 19.5. The van der Waals surface area contributed by atoms with E-state index < -0.39 is 11.2 Å². The molecule has 0 saturated carbocycles. The molecular formula is C8H8BrNO4. The van der Waals surface area contributed by atoms with Crippen molar-refractivity contribution in [1.82, 2.24) is 0 Å². The highest BCUT2D eigenvalue weighted by Gasteiger charge is 2.16. The van der Waals surface area contributed by atoms with Crippen LogP contribution in [0.2, 0.25) is 0 Å². The van der Waals surface area contributed by atoms with Crippen LogP contribution in [0.15, 0.2) is 22.7 Å². The molecule has 0 aliphatic carbocycles. The Morgan fingerprint density at radius 3 is 2.79 bits per heavy atom. The van der Waals surface area contributed by atoms with Crippen molar-refractivity contribution >= 4 is 21.6 Å². The molecule has 76 valence electrons. The Morgan fingerprint density at radius 2 is 2.29 bits per heavy atom. The maximum atomic E-state index is 10.6. The highest BCUT2D eigenvalue weighted by atomic mass is 79.9. The Kier molecular flexibility index (Phi) is 3.43. The molecule has 14 heavy (non-hydrogen) atoms. The van der Waals surface area contributed by atoms with Gasteiger partial charge in [0.2, 0.25) is 0 Å². The second kappa shape index (κ2) is 4.39. The first-order valence-corrected chi connectivity index (χ1v) is 4.58. The van der Waals surface area contributed by atoms with Gasteiger partial charge in [-0.1, -0.05) is 15.9 Å². The maximum Gasteiger partial charge on any atom is 0.312 e. The Balaban J connectivity index is 3.08. The largest absolute Gasteiger partial charge is 0.458 e. The van der Waals surface area contributed by atoms with E-state index in [1.807, 2.05) is 0 Å². The summed E-state index contributed by atoms with van der Waals surface area (Å²) in [5.41, 5.74) is -0.180. The molecule has 1 aromatic carbocycles. The third kappa shape index (κ3) is 2.68. The first kappa shape index (κ1) is 10.9. The Hall–Kier alpha value is -1.14. The molecule has 0 aliphatic rings. The molecule has 0 fully saturated rings. The quantitative estimate of drug-likeness (QED) is 0.514. The van der Waals surface area contributed by atoms with Crippen molar-refractivity contribution in [2.24, 2.45) is 0 Å². The number of aliphatic hydroxyl groups excluding tert-OH is 1. The zero-order valence-corrected chi connectivity index (χ0v) is 8.89. The predicted molar refractivity (Wildman–Crippen MR) is 53.1 cm³/mol. The summed E-state index contributed by atoms with van der Waals surface area (Å²) in [6, 6.07) is 4.34. The molecule has 1 atom stereocenters. The zero-order chi connectivity index (χ0) is 10.7. The number of halogens is 1. The fourth-order valence-electron chi connectivity index (χ4n) is 0.917. The third-order valence-electron chi connectivity index (χ3n) is 1.42. The van der Waals surface area contributed by atoms with Crippen LogP contribution in [-0.2, 0) is 0 Å². The monoisotopic (exact) mass is 261 g/mol. The first-order chi connectivity index (χ1) is 6.50. The van der Waals surface area contributed by atoms with Crippen molar-refractivity contribution in [1.29, 1.82) is 0 Å². The number of nitro groups is 1. The molecule has 0 saturated heterocycles. The number of benzene rings is 1. The molecule has 1 rings (SSSR count). The lowest BCUT2D eigenvalue weighted by molar-refractivity contribution is -0.386. The minimum absolute atomic E-state index is 0.0493. The minimum Gasteiger partial charge on any atom is -0.458 e. The number of nitrogens with zero attached hydrogens (tertiary/aromatic N) is 1. The third-order valence-corrected chi connectivity index (χ3v) is 1.91. The first-order valence-electron chi connectivity index (χ1n) is 3.79. The number of ether oxygens (including phenoxy) is 1. The van der Waals surface area contributed by atoms with Crippen LogP contribution in [0.5, 0.6) is 5.75 Å². The van der Waals surface area contributed by atoms with Gasteiger partial charge in [-0.05, 0) is 19.1 Å². The fraction of sp³-hybridized carbons (Fsp3) is 0.250. The van der Waals surface area contributed by atoms with Crippen LogP contribution in [-0.4, -0.2) is 16.3 Å². The molecule has 1 N–H and O–H groups in total. The molecule has 0 aromatic heterocycles. The molecule has 0 aliphatic heterocycles. The van der Waals surface area contributed by atoms with Gasteiger partial charge in [0.15, 0.2) is 12.0 Å². The predicted octanol–water partition coefficient (Wildman–Crippen LogP) is 2.07. The fourth-order valence-corrected chi connectivity index (χ4v) is 1.27. The van der Waals surface area contributed by atoms with Crippen LogP contribution < -0.4 is 4.74 Å². The van der Waals surface area contributed by atoms with E-state index in [-0.39, 0.29) is 11.4 Å². The van der Waals surface area contributed by atoms with Crippen molar-refractivity contribution in [3.63, 3.8) is 0 Å². The summed E-state index contributed by atoms with van der Waals surface area (Å²) >= 11 is 3.11. The zero-order valence-electron chi connectivity index (χ0n) is 7.31. The molecular weight excluding hydrogens is 254 g/mol. The van der Waals surface area contributed by atoms with Crippen molar-refractivity contribution in [2.45, 2.75) is 13.2 Å². The number of rotatable bonds is 3. The summed E-state index contributed by atoms with van der Waals surface area (Å²) < 4.78 is 5.44. The van der Waals surface area contributed by atoms with Gasteiger partial charge in [-0.25, -0.2) is 0 Å². The van der Waals surface area contributed by atoms with Crippen LogP contribution in [0, 0.1) is 10.1 Å². The number of aliphatic hydroxyl groups is 1. The molecule has 0 radical (unpaired) electrons. The Bertz CT molecular complexity index is 353. The van der Waals surface area contributed by atoms with E-state index in [0.717, 1.165) is 0 Å². The number of hydrogen-bond acceptors (Lipinski definition) is 4. The van der Waals surface area contributed by atoms with Gasteiger partial charge in [-0.15, -0.1) is 0 Å². The average molecular weight is 262 g/mol. The topological polar surface area (TPSA) is 72.6 Å². The van der Waals surface area contributed by atoms with Gasteiger partial charge < -0.3 is 9.84 Å².